The summed E-state index contributed by atoms with van der Waals surface area (Å²) in [5.41, 5.74) is 3.43. The summed E-state index contributed by atoms with van der Waals surface area (Å²) in [6.45, 7) is 2.31. The Hall–Kier alpha value is -3.41. The fourth-order valence-electron chi connectivity index (χ4n) is 2.90. The van der Waals surface area contributed by atoms with E-state index in [2.05, 4.69) is 15.3 Å². The maximum absolute atomic E-state index is 12.6. The van der Waals surface area contributed by atoms with Crippen molar-refractivity contribution in [2.24, 2.45) is 0 Å². The van der Waals surface area contributed by atoms with Gasteiger partial charge >= 0.3 is 0 Å². The van der Waals surface area contributed by atoms with Gasteiger partial charge < -0.3 is 14.7 Å². The van der Waals surface area contributed by atoms with Crippen LogP contribution in [0.5, 0.6) is 0 Å². The molecule has 124 valence electrons. The number of aryl methyl sites for hydroxylation is 1. The number of carbonyl (C=O) groups is 1. The van der Waals surface area contributed by atoms with Crippen LogP contribution in [-0.2, 0) is 6.54 Å². The van der Waals surface area contributed by atoms with Gasteiger partial charge in [-0.25, -0.2) is 4.98 Å². The number of rotatable bonds is 3. The highest BCUT2D eigenvalue weighted by Crippen LogP contribution is 2.14. The number of para-hydroxylation sites is 1. The van der Waals surface area contributed by atoms with E-state index in [1.807, 2.05) is 54.0 Å². The van der Waals surface area contributed by atoms with Crippen molar-refractivity contribution >= 4 is 22.5 Å². The first-order chi connectivity index (χ1) is 12.1. The average molecular weight is 332 g/mol. The number of benzene rings is 1. The summed E-state index contributed by atoms with van der Waals surface area (Å²) in [7, 11) is 0. The van der Waals surface area contributed by atoms with Crippen molar-refractivity contribution in [3.05, 3.63) is 82.0 Å². The van der Waals surface area contributed by atoms with Crippen LogP contribution in [0.1, 0.15) is 21.6 Å². The number of aromatic nitrogens is 3. The van der Waals surface area contributed by atoms with Gasteiger partial charge in [0.15, 0.2) is 0 Å². The van der Waals surface area contributed by atoms with Crippen LogP contribution in [0.25, 0.3) is 16.6 Å². The van der Waals surface area contributed by atoms with Gasteiger partial charge in [0.05, 0.1) is 17.8 Å². The Labute approximate surface area is 143 Å². The number of H-pyrrole nitrogens is 1. The van der Waals surface area contributed by atoms with Crippen molar-refractivity contribution in [1.82, 2.24) is 19.7 Å². The van der Waals surface area contributed by atoms with Gasteiger partial charge in [-0.2, -0.15) is 0 Å². The van der Waals surface area contributed by atoms with Crippen molar-refractivity contribution in [2.45, 2.75) is 13.5 Å². The highest BCUT2D eigenvalue weighted by molar-refractivity contribution is 6.05. The van der Waals surface area contributed by atoms with Crippen LogP contribution < -0.4 is 10.9 Å². The highest BCUT2D eigenvalue weighted by atomic mass is 16.2. The van der Waals surface area contributed by atoms with Crippen molar-refractivity contribution < 1.29 is 4.79 Å². The molecule has 0 fully saturated rings. The van der Waals surface area contributed by atoms with Crippen molar-refractivity contribution in [3.8, 4) is 0 Å². The number of amides is 1. The first-order valence-electron chi connectivity index (χ1n) is 7.95. The summed E-state index contributed by atoms with van der Waals surface area (Å²) < 4.78 is 1.93. The highest BCUT2D eigenvalue weighted by Gasteiger charge is 2.12. The van der Waals surface area contributed by atoms with Gasteiger partial charge in [0.2, 0.25) is 5.56 Å². The quantitative estimate of drug-likeness (QED) is 0.605. The predicted octanol–water partition coefficient (Wildman–Crippen LogP) is 2.41. The molecule has 0 radical (unpaired) electrons. The molecule has 0 aliphatic rings. The zero-order valence-corrected chi connectivity index (χ0v) is 13.6. The smallest absolute Gasteiger partial charge is 0.252 e. The lowest BCUT2D eigenvalue weighted by molar-refractivity contribution is 0.0952. The largest absolute Gasteiger partial charge is 0.346 e. The number of fused-ring (bicyclic) bond motifs is 2. The summed E-state index contributed by atoms with van der Waals surface area (Å²) in [4.78, 5) is 31.5. The molecule has 0 atom stereocenters. The average Bonchev–Trinajstić information content (AvgIpc) is 3.00. The molecule has 0 saturated heterocycles. The molecule has 3 aromatic heterocycles. The topological polar surface area (TPSA) is 79.3 Å². The number of carbonyl (C=O) groups excluding carboxylic acids is 1. The second-order valence-corrected chi connectivity index (χ2v) is 5.98. The monoisotopic (exact) mass is 332 g/mol. The van der Waals surface area contributed by atoms with E-state index in [4.69, 9.17) is 0 Å². The molecule has 0 bridgehead atoms. The molecule has 6 nitrogen and oxygen atoms in total. The number of nitrogens with zero attached hydrogens (tertiary/aromatic N) is 2. The van der Waals surface area contributed by atoms with Gasteiger partial charge in [-0.3, -0.25) is 9.59 Å². The van der Waals surface area contributed by atoms with Crippen LogP contribution in [0.15, 0.2) is 59.7 Å². The van der Waals surface area contributed by atoms with Gasteiger partial charge in [-0.15, -0.1) is 0 Å². The number of imidazole rings is 1. The third-order valence-corrected chi connectivity index (χ3v) is 4.07. The van der Waals surface area contributed by atoms with E-state index in [0.717, 1.165) is 16.9 Å². The van der Waals surface area contributed by atoms with Crippen molar-refractivity contribution in [1.29, 1.82) is 0 Å². The Morgan fingerprint density at radius 3 is 2.92 bits per heavy atom. The molecule has 1 amide bonds. The van der Waals surface area contributed by atoms with Gasteiger partial charge in [-0.05, 0) is 24.6 Å². The van der Waals surface area contributed by atoms with Crippen LogP contribution in [0.2, 0.25) is 0 Å². The Kier molecular flexibility index (Phi) is 3.57. The molecule has 0 aliphatic heterocycles. The molecule has 0 unspecified atom stereocenters. The number of nitrogens with one attached hydrogen (secondary N) is 2. The van der Waals surface area contributed by atoms with E-state index in [0.29, 0.717) is 23.0 Å². The van der Waals surface area contributed by atoms with Gasteiger partial charge in [0.1, 0.15) is 5.65 Å². The molecule has 1 aromatic carbocycles. The van der Waals surface area contributed by atoms with Crippen molar-refractivity contribution in [2.75, 3.05) is 0 Å². The Morgan fingerprint density at radius 2 is 2.04 bits per heavy atom. The number of pyridine rings is 2. The summed E-state index contributed by atoms with van der Waals surface area (Å²) in [6, 6.07) is 12.5. The van der Waals surface area contributed by atoms with Crippen LogP contribution in [-0.4, -0.2) is 20.3 Å². The van der Waals surface area contributed by atoms with E-state index in [1.165, 1.54) is 6.07 Å². The molecule has 4 rings (SSSR count). The fraction of sp³-hybridized carbons (Fsp3) is 0.105. The SMILES string of the molecule is Cc1ccc2nc(CNC(=O)c3cc(=O)[nH]c4ccccc34)cn2c1. The predicted molar refractivity (Wildman–Crippen MR) is 95.7 cm³/mol. The normalized spacial score (nSPS) is 11.1. The lowest BCUT2D eigenvalue weighted by atomic mass is 10.1. The fourth-order valence-corrected chi connectivity index (χ4v) is 2.90. The standard InChI is InChI=1S/C19H16N4O2/c1-12-6-7-17-21-13(11-23(17)10-12)9-20-19(25)15-8-18(24)22-16-5-3-2-4-14(15)16/h2-8,10-11H,9H2,1H3,(H,20,25)(H,22,24). The van der Waals surface area contributed by atoms with Crippen LogP contribution in [0.4, 0.5) is 0 Å². The second-order valence-electron chi connectivity index (χ2n) is 5.98. The molecule has 6 heteroatoms. The van der Waals surface area contributed by atoms with E-state index in [-0.39, 0.29) is 11.5 Å². The molecule has 0 aliphatic carbocycles. The van der Waals surface area contributed by atoms with Gasteiger partial charge in [0.25, 0.3) is 5.91 Å². The molecular formula is C19H16N4O2. The molecular weight excluding hydrogens is 316 g/mol. The van der Waals surface area contributed by atoms with Gasteiger partial charge in [-0.1, -0.05) is 24.3 Å². The van der Waals surface area contributed by atoms with Gasteiger partial charge in [0, 0.05) is 29.4 Å². The lowest BCUT2D eigenvalue weighted by Gasteiger charge is -2.06. The Bertz CT molecular complexity index is 1160. The van der Waals surface area contributed by atoms with E-state index in [9.17, 15) is 9.59 Å². The lowest BCUT2D eigenvalue weighted by Crippen LogP contribution is -2.25. The summed E-state index contributed by atoms with van der Waals surface area (Å²) in [5.74, 6) is -0.296. The zero-order chi connectivity index (χ0) is 17.4. The number of hydrogen-bond acceptors (Lipinski definition) is 3. The molecule has 4 aromatic rings. The molecule has 0 spiro atoms. The maximum atomic E-state index is 12.6. The molecule has 25 heavy (non-hydrogen) atoms. The molecule has 0 saturated carbocycles. The minimum Gasteiger partial charge on any atom is -0.346 e. The summed E-state index contributed by atoms with van der Waals surface area (Å²) >= 11 is 0. The second kappa shape index (κ2) is 5.90. The van der Waals surface area contributed by atoms with E-state index in [1.54, 1.807) is 6.07 Å². The van der Waals surface area contributed by atoms with E-state index >= 15 is 0 Å². The first kappa shape index (κ1) is 15.1. The maximum Gasteiger partial charge on any atom is 0.252 e. The number of hydrogen-bond donors (Lipinski definition) is 2. The minimum atomic E-state index is -0.299. The minimum absolute atomic E-state index is 0.292. The zero-order valence-electron chi connectivity index (χ0n) is 13.6. The van der Waals surface area contributed by atoms with E-state index < -0.39 is 0 Å². The third-order valence-electron chi connectivity index (χ3n) is 4.07. The van der Waals surface area contributed by atoms with Crippen LogP contribution in [0, 0.1) is 6.92 Å². The number of aromatic amines is 1. The summed E-state index contributed by atoms with van der Waals surface area (Å²) in [5, 5.41) is 3.56. The molecule has 2 N–H and O–H groups in total. The van der Waals surface area contributed by atoms with Crippen LogP contribution >= 0.6 is 0 Å². The Balaban J connectivity index is 1.60. The molecule has 3 heterocycles. The summed E-state index contributed by atoms with van der Waals surface area (Å²) in [6.07, 6.45) is 3.87. The Morgan fingerprint density at radius 1 is 1.20 bits per heavy atom. The van der Waals surface area contributed by atoms with Crippen molar-refractivity contribution in [3.63, 3.8) is 0 Å². The third kappa shape index (κ3) is 2.89. The van der Waals surface area contributed by atoms with Crippen LogP contribution in [0.3, 0.4) is 0 Å². The first-order valence-corrected chi connectivity index (χ1v) is 7.95.